The molecule has 2 N–H and O–H groups in total. The molecule has 0 bridgehead atoms. The molecule has 1 aliphatic rings. The van der Waals surface area contributed by atoms with E-state index in [2.05, 4.69) is 17.0 Å². The lowest BCUT2D eigenvalue weighted by Gasteiger charge is -2.24. The number of nitrogen functional groups attached to an aromatic ring is 1. The lowest BCUT2D eigenvalue weighted by Crippen LogP contribution is -2.36. The van der Waals surface area contributed by atoms with Crippen LogP contribution in [0.2, 0.25) is 0 Å². The predicted octanol–water partition coefficient (Wildman–Crippen LogP) is 2.91. The first-order chi connectivity index (χ1) is 10.8. The van der Waals surface area contributed by atoms with Gasteiger partial charge in [0.05, 0.1) is 13.2 Å². The average molecular weight is 295 g/mol. The topological polar surface area (TPSA) is 64.5 Å². The summed E-state index contributed by atoms with van der Waals surface area (Å²) in [7, 11) is 0. The number of anilines is 2. The van der Waals surface area contributed by atoms with Gasteiger partial charge in [0, 0.05) is 30.4 Å². The van der Waals surface area contributed by atoms with Crippen molar-refractivity contribution in [3.63, 3.8) is 0 Å². The van der Waals surface area contributed by atoms with E-state index in [1.807, 2.05) is 30.3 Å². The minimum absolute atomic E-state index is 0.640. The van der Waals surface area contributed by atoms with E-state index in [0.29, 0.717) is 24.9 Å². The third kappa shape index (κ3) is 2.29. The lowest BCUT2D eigenvalue weighted by atomic mass is 10.0. The quantitative estimate of drug-likeness (QED) is 0.736. The molecule has 1 fully saturated rings. The van der Waals surface area contributed by atoms with Crippen LogP contribution in [-0.2, 0) is 4.74 Å². The van der Waals surface area contributed by atoms with Gasteiger partial charge in [0.15, 0.2) is 5.58 Å². The zero-order chi connectivity index (χ0) is 14.9. The first-order valence-electron chi connectivity index (χ1n) is 7.39. The number of nitrogens with two attached hydrogens (primary N) is 1. The van der Waals surface area contributed by atoms with Gasteiger partial charge in [-0.2, -0.15) is 4.98 Å². The maximum atomic E-state index is 6.03. The molecule has 1 aliphatic heterocycles. The molecular formula is C17H17N3O2. The van der Waals surface area contributed by atoms with Gasteiger partial charge in [-0.1, -0.05) is 30.3 Å². The highest BCUT2D eigenvalue weighted by Crippen LogP contribution is 2.33. The first kappa shape index (κ1) is 13.2. The first-order valence-corrected chi connectivity index (χ1v) is 7.39. The van der Waals surface area contributed by atoms with Crippen molar-refractivity contribution in [1.29, 1.82) is 0 Å². The van der Waals surface area contributed by atoms with Crippen LogP contribution in [0.4, 0.5) is 11.7 Å². The molecule has 112 valence electrons. The van der Waals surface area contributed by atoms with Gasteiger partial charge in [-0.25, -0.2) is 0 Å². The molecule has 4 rings (SSSR count). The SMILES string of the molecule is Nc1cc(-c2ccccc2)c2nc(N3CCOCC3)oc2c1. The van der Waals surface area contributed by atoms with E-state index >= 15 is 0 Å². The molecule has 0 aliphatic carbocycles. The van der Waals surface area contributed by atoms with E-state index in [1.165, 1.54) is 0 Å². The normalized spacial score (nSPS) is 15.4. The fraction of sp³-hybridized carbons (Fsp3) is 0.235. The smallest absolute Gasteiger partial charge is 0.298 e. The molecule has 5 heteroatoms. The van der Waals surface area contributed by atoms with E-state index in [1.54, 1.807) is 0 Å². The number of benzene rings is 2. The summed E-state index contributed by atoms with van der Waals surface area (Å²) in [5.74, 6) is 0. The molecule has 0 radical (unpaired) electrons. The van der Waals surface area contributed by atoms with Gasteiger partial charge in [-0.05, 0) is 11.6 Å². The molecule has 22 heavy (non-hydrogen) atoms. The molecule has 2 aromatic carbocycles. The molecule has 0 spiro atoms. The summed E-state index contributed by atoms with van der Waals surface area (Å²) in [5, 5.41) is 0. The molecule has 1 saturated heterocycles. The van der Waals surface area contributed by atoms with Crippen molar-refractivity contribution in [2.45, 2.75) is 0 Å². The molecule has 5 nitrogen and oxygen atoms in total. The van der Waals surface area contributed by atoms with Crippen molar-refractivity contribution < 1.29 is 9.15 Å². The number of rotatable bonds is 2. The van der Waals surface area contributed by atoms with Crippen LogP contribution < -0.4 is 10.6 Å². The fourth-order valence-electron chi connectivity index (χ4n) is 2.77. The molecule has 1 aromatic heterocycles. The maximum Gasteiger partial charge on any atom is 0.298 e. The molecule has 0 saturated carbocycles. The monoisotopic (exact) mass is 295 g/mol. The highest BCUT2D eigenvalue weighted by molar-refractivity contribution is 5.94. The van der Waals surface area contributed by atoms with Crippen molar-refractivity contribution in [1.82, 2.24) is 4.98 Å². The molecule has 3 aromatic rings. The summed E-state index contributed by atoms with van der Waals surface area (Å²) in [6.45, 7) is 2.99. The van der Waals surface area contributed by atoms with Crippen molar-refractivity contribution in [3.05, 3.63) is 42.5 Å². The van der Waals surface area contributed by atoms with Gasteiger partial charge in [0.2, 0.25) is 0 Å². The van der Waals surface area contributed by atoms with Crippen LogP contribution in [0.1, 0.15) is 0 Å². The van der Waals surface area contributed by atoms with E-state index in [0.717, 1.165) is 35.3 Å². The predicted molar refractivity (Wildman–Crippen MR) is 86.9 cm³/mol. The average Bonchev–Trinajstić information content (AvgIpc) is 2.99. The lowest BCUT2D eigenvalue weighted by molar-refractivity contribution is 0.120. The van der Waals surface area contributed by atoms with Crippen molar-refractivity contribution >= 4 is 22.8 Å². The van der Waals surface area contributed by atoms with Gasteiger partial charge in [-0.3, -0.25) is 0 Å². The van der Waals surface area contributed by atoms with E-state index in [9.17, 15) is 0 Å². The Morgan fingerprint density at radius 2 is 1.82 bits per heavy atom. The van der Waals surface area contributed by atoms with Crippen molar-refractivity contribution in [2.75, 3.05) is 36.9 Å². The van der Waals surface area contributed by atoms with Crippen LogP contribution in [-0.4, -0.2) is 31.3 Å². The molecular weight excluding hydrogens is 278 g/mol. The Kier molecular flexibility index (Phi) is 3.20. The molecule has 0 atom stereocenters. The molecule has 2 heterocycles. The Morgan fingerprint density at radius 3 is 2.59 bits per heavy atom. The number of nitrogens with zero attached hydrogens (tertiary/aromatic N) is 2. The standard InChI is InChI=1S/C17H17N3O2/c18-13-10-14(12-4-2-1-3-5-12)16-15(11-13)22-17(19-16)20-6-8-21-9-7-20/h1-5,10-11H,6-9,18H2. The number of fused-ring (bicyclic) bond motifs is 1. The van der Waals surface area contributed by atoms with Crippen LogP contribution in [0.3, 0.4) is 0 Å². The number of morpholine rings is 1. The minimum atomic E-state index is 0.640. The zero-order valence-corrected chi connectivity index (χ0v) is 12.2. The highest BCUT2D eigenvalue weighted by atomic mass is 16.5. The second kappa shape index (κ2) is 5.35. The maximum absolute atomic E-state index is 6.03. The number of hydrogen-bond acceptors (Lipinski definition) is 5. The number of oxazole rings is 1. The van der Waals surface area contributed by atoms with E-state index < -0.39 is 0 Å². The minimum Gasteiger partial charge on any atom is -0.423 e. The Hall–Kier alpha value is -2.53. The van der Waals surface area contributed by atoms with Crippen LogP contribution >= 0.6 is 0 Å². The van der Waals surface area contributed by atoms with Crippen molar-refractivity contribution in [2.24, 2.45) is 0 Å². The van der Waals surface area contributed by atoms with E-state index in [-0.39, 0.29) is 0 Å². The van der Waals surface area contributed by atoms with Crippen LogP contribution in [0.5, 0.6) is 0 Å². The van der Waals surface area contributed by atoms with Crippen molar-refractivity contribution in [3.8, 4) is 11.1 Å². The summed E-state index contributed by atoms with van der Waals surface area (Å²) in [5.41, 5.74) is 10.4. The number of ether oxygens (including phenoxy) is 1. The van der Waals surface area contributed by atoms with Gasteiger partial charge in [-0.15, -0.1) is 0 Å². The number of hydrogen-bond donors (Lipinski definition) is 1. The second-order valence-electron chi connectivity index (χ2n) is 5.38. The molecule has 0 unspecified atom stereocenters. The largest absolute Gasteiger partial charge is 0.423 e. The third-order valence-corrected chi connectivity index (χ3v) is 3.87. The van der Waals surface area contributed by atoms with Gasteiger partial charge >= 0.3 is 0 Å². The number of aromatic nitrogens is 1. The van der Waals surface area contributed by atoms with E-state index in [4.69, 9.17) is 19.9 Å². The zero-order valence-electron chi connectivity index (χ0n) is 12.2. The van der Waals surface area contributed by atoms with Gasteiger partial charge < -0.3 is 19.8 Å². The highest BCUT2D eigenvalue weighted by Gasteiger charge is 2.19. The Balaban J connectivity index is 1.85. The summed E-state index contributed by atoms with van der Waals surface area (Å²) < 4.78 is 11.3. The second-order valence-corrected chi connectivity index (χ2v) is 5.38. The molecule has 0 amide bonds. The Bertz CT molecular complexity index is 792. The van der Waals surface area contributed by atoms with Gasteiger partial charge in [0.1, 0.15) is 5.52 Å². The Labute approximate surface area is 128 Å². The van der Waals surface area contributed by atoms with Crippen LogP contribution in [0.15, 0.2) is 46.9 Å². The van der Waals surface area contributed by atoms with Crippen LogP contribution in [0, 0.1) is 0 Å². The summed E-state index contributed by atoms with van der Waals surface area (Å²) >= 11 is 0. The Morgan fingerprint density at radius 1 is 1.05 bits per heavy atom. The summed E-state index contributed by atoms with van der Waals surface area (Å²) in [6, 6.07) is 14.5. The third-order valence-electron chi connectivity index (χ3n) is 3.87. The summed E-state index contributed by atoms with van der Waals surface area (Å²) in [4.78, 5) is 6.81. The fourth-order valence-corrected chi connectivity index (χ4v) is 2.77. The van der Waals surface area contributed by atoms with Gasteiger partial charge in [0.25, 0.3) is 6.01 Å². The van der Waals surface area contributed by atoms with Crippen LogP contribution in [0.25, 0.3) is 22.2 Å². The summed E-state index contributed by atoms with van der Waals surface area (Å²) in [6.07, 6.45) is 0.